The van der Waals surface area contributed by atoms with Crippen LogP contribution in [0.1, 0.15) is 54.4 Å². The maximum Gasteiger partial charge on any atom is -0.0172 e. The van der Waals surface area contributed by atoms with E-state index in [1.807, 2.05) is 0 Å². The predicted molar refractivity (Wildman–Crippen MR) is 64.3 cm³/mol. The van der Waals surface area contributed by atoms with Gasteiger partial charge in [0.15, 0.2) is 0 Å². The molecular weight excluding hydrogens is 168 g/mol. The summed E-state index contributed by atoms with van der Waals surface area (Å²) in [6.07, 6.45) is 2.76. The fraction of sp³-hybridized carbons (Fsp3) is 0.857. The van der Waals surface area contributed by atoms with Gasteiger partial charge < -0.3 is 0 Å². The summed E-state index contributed by atoms with van der Waals surface area (Å²) < 4.78 is 0. The first-order valence-corrected chi connectivity index (χ1v) is 6.18. The SMILES string of the molecule is CC(C)C1=C(C(C)C)[C@H](C(C)C)CC1. The molecule has 0 aromatic heterocycles. The van der Waals surface area contributed by atoms with Gasteiger partial charge in [-0.05, 0) is 36.5 Å². The minimum atomic E-state index is 0.752. The molecule has 0 radical (unpaired) electrons. The third-order valence-corrected chi connectivity index (χ3v) is 3.62. The number of hydrogen-bond acceptors (Lipinski definition) is 0. The first-order valence-electron chi connectivity index (χ1n) is 6.18. The van der Waals surface area contributed by atoms with Gasteiger partial charge in [-0.25, -0.2) is 0 Å². The summed E-state index contributed by atoms with van der Waals surface area (Å²) >= 11 is 0. The molecule has 0 aromatic carbocycles. The molecule has 0 saturated carbocycles. The topological polar surface area (TPSA) is 0 Å². The summed E-state index contributed by atoms with van der Waals surface area (Å²) in [6.45, 7) is 14.2. The second-order valence-corrected chi connectivity index (χ2v) is 5.68. The van der Waals surface area contributed by atoms with Crippen LogP contribution in [0.15, 0.2) is 11.1 Å². The van der Waals surface area contributed by atoms with Crippen LogP contribution < -0.4 is 0 Å². The minimum Gasteiger partial charge on any atom is -0.0679 e. The Morgan fingerprint density at radius 3 is 1.86 bits per heavy atom. The zero-order valence-corrected chi connectivity index (χ0v) is 10.7. The zero-order valence-electron chi connectivity index (χ0n) is 10.7. The van der Waals surface area contributed by atoms with Crippen LogP contribution in [0.2, 0.25) is 0 Å². The first-order chi connectivity index (χ1) is 6.45. The molecule has 0 saturated heterocycles. The summed E-state index contributed by atoms with van der Waals surface area (Å²) in [5.74, 6) is 3.20. The van der Waals surface area contributed by atoms with Crippen LogP contribution >= 0.6 is 0 Å². The van der Waals surface area contributed by atoms with Crippen molar-refractivity contribution in [3.05, 3.63) is 11.1 Å². The summed E-state index contributed by atoms with van der Waals surface area (Å²) in [5, 5.41) is 0. The molecule has 0 unspecified atom stereocenters. The van der Waals surface area contributed by atoms with Crippen molar-refractivity contribution >= 4 is 0 Å². The van der Waals surface area contributed by atoms with E-state index in [0.29, 0.717) is 0 Å². The second kappa shape index (κ2) is 4.51. The first kappa shape index (κ1) is 11.8. The molecule has 82 valence electrons. The van der Waals surface area contributed by atoms with Gasteiger partial charge in [-0.1, -0.05) is 52.7 Å². The van der Waals surface area contributed by atoms with E-state index in [0.717, 1.165) is 23.7 Å². The minimum absolute atomic E-state index is 0.752. The lowest BCUT2D eigenvalue weighted by Crippen LogP contribution is -2.12. The van der Waals surface area contributed by atoms with E-state index in [1.54, 1.807) is 11.1 Å². The fourth-order valence-corrected chi connectivity index (χ4v) is 2.96. The largest absolute Gasteiger partial charge is 0.0679 e. The molecule has 0 nitrogen and oxygen atoms in total. The zero-order chi connectivity index (χ0) is 10.9. The normalized spacial score (nSPS) is 23.4. The average Bonchev–Trinajstić information content (AvgIpc) is 2.46. The highest BCUT2D eigenvalue weighted by Crippen LogP contribution is 2.43. The van der Waals surface area contributed by atoms with Crippen molar-refractivity contribution in [2.24, 2.45) is 23.7 Å². The molecular formula is C14H26. The van der Waals surface area contributed by atoms with E-state index >= 15 is 0 Å². The Kier molecular flexibility index (Phi) is 3.80. The third-order valence-electron chi connectivity index (χ3n) is 3.62. The second-order valence-electron chi connectivity index (χ2n) is 5.68. The van der Waals surface area contributed by atoms with Crippen molar-refractivity contribution in [2.75, 3.05) is 0 Å². The molecule has 1 atom stereocenters. The Labute approximate surface area is 89.8 Å². The number of allylic oxidation sites excluding steroid dienone is 2. The van der Waals surface area contributed by atoms with Gasteiger partial charge >= 0.3 is 0 Å². The van der Waals surface area contributed by atoms with Crippen LogP contribution in [-0.2, 0) is 0 Å². The smallest absolute Gasteiger partial charge is 0.0172 e. The van der Waals surface area contributed by atoms with Crippen molar-refractivity contribution < 1.29 is 0 Å². The lowest BCUT2D eigenvalue weighted by molar-refractivity contribution is 0.413. The van der Waals surface area contributed by atoms with Gasteiger partial charge in [0.25, 0.3) is 0 Å². The van der Waals surface area contributed by atoms with Gasteiger partial charge in [-0.15, -0.1) is 0 Å². The lowest BCUT2D eigenvalue weighted by atomic mass is 9.82. The molecule has 0 spiro atoms. The van der Waals surface area contributed by atoms with Gasteiger partial charge in [0.05, 0.1) is 0 Å². The highest BCUT2D eigenvalue weighted by atomic mass is 14.3. The Hall–Kier alpha value is -0.260. The monoisotopic (exact) mass is 194 g/mol. The number of hydrogen-bond donors (Lipinski definition) is 0. The van der Waals surface area contributed by atoms with Gasteiger partial charge in [-0.3, -0.25) is 0 Å². The molecule has 0 bridgehead atoms. The molecule has 1 rings (SSSR count). The quantitative estimate of drug-likeness (QED) is 0.573. The van der Waals surface area contributed by atoms with Gasteiger partial charge in [0, 0.05) is 0 Å². The van der Waals surface area contributed by atoms with E-state index < -0.39 is 0 Å². The van der Waals surface area contributed by atoms with E-state index in [1.165, 1.54) is 12.8 Å². The maximum absolute atomic E-state index is 2.37. The molecule has 0 aromatic rings. The predicted octanol–water partition coefficient (Wildman–Crippen LogP) is 4.66. The van der Waals surface area contributed by atoms with Crippen molar-refractivity contribution in [2.45, 2.75) is 54.4 Å². The van der Waals surface area contributed by atoms with Crippen molar-refractivity contribution in [3.63, 3.8) is 0 Å². The Balaban J connectivity index is 2.96. The van der Waals surface area contributed by atoms with Crippen LogP contribution in [0.3, 0.4) is 0 Å². The molecule has 0 aliphatic heterocycles. The van der Waals surface area contributed by atoms with Crippen LogP contribution in [0, 0.1) is 23.7 Å². The van der Waals surface area contributed by atoms with E-state index in [2.05, 4.69) is 41.5 Å². The fourth-order valence-electron chi connectivity index (χ4n) is 2.96. The third kappa shape index (κ3) is 2.21. The van der Waals surface area contributed by atoms with Crippen LogP contribution in [-0.4, -0.2) is 0 Å². The van der Waals surface area contributed by atoms with Crippen molar-refractivity contribution in [1.29, 1.82) is 0 Å². The standard InChI is InChI=1S/C14H26/c1-9(2)12-7-8-13(10(3)4)14(12)11(5)6/h9-12H,7-8H2,1-6H3/t12-/m0/s1. The van der Waals surface area contributed by atoms with Crippen LogP contribution in [0.4, 0.5) is 0 Å². The highest BCUT2D eigenvalue weighted by molar-refractivity contribution is 5.26. The van der Waals surface area contributed by atoms with Gasteiger partial charge in [0.1, 0.15) is 0 Å². The Morgan fingerprint density at radius 1 is 0.929 bits per heavy atom. The molecule has 0 heterocycles. The maximum atomic E-state index is 2.37. The van der Waals surface area contributed by atoms with Crippen molar-refractivity contribution in [3.8, 4) is 0 Å². The molecule has 1 aliphatic carbocycles. The average molecular weight is 194 g/mol. The molecule has 0 heteroatoms. The van der Waals surface area contributed by atoms with E-state index in [-0.39, 0.29) is 0 Å². The van der Waals surface area contributed by atoms with E-state index in [9.17, 15) is 0 Å². The Bertz CT molecular complexity index is 218. The van der Waals surface area contributed by atoms with Crippen LogP contribution in [0.5, 0.6) is 0 Å². The molecule has 0 N–H and O–H groups in total. The highest BCUT2D eigenvalue weighted by Gasteiger charge is 2.30. The van der Waals surface area contributed by atoms with Crippen LogP contribution in [0.25, 0.3) is 0 Å². The summed E-state index contributed by atoms with van der Waals surface area (Å²) in [5.41, 5.74) is 3.55. The molecule has 0 amide bonds. The summed E-state index contributed by atoms with van der Waals surface area (Å²) in [7, 11) is 0. The number of rotatable bonds is 3. The molecule has 1 aliphatic rings. The molecule has 0 fully saturated rings. The Morgan fingerprint density at radius 2 is 1.50 bits per heavy atom. The lowest BCUT2D eigenvalue weighted by Gasteiger charge is -2.23. The summed E-state index contributed by atoms with van der Waals surface area (Å²) in [4.78, 5) is 0. The molecule has 14 heavy (non-hydrogen) atoms. The van der Waals surface area contributed by atoms with Gasteiger partial charge in [-0.2, -0.15) is 0 Å². The van der Waals surface area contributed by atoms with Gasteiger partial charge in [0.2, 0.25) is 0 Å². The van der Waals surface area contributed by atoms with E-state index in [4.69, 9.17) is 0 Å². The summed E-state index contributed by atoms with van der Waals surface area (Å²) in [6, 6.07) is 0. The van der Waals surface area contributed by atoms with Crippen molar-refractivity contribution in [1.82, 2.24) is 0 Å².